The van der Waals surface area contributed by atoms with Crippen LogP contribution in [-0.4, -0.2) is 35.5 Å². The van der Waals surface area contributed by atoms with Crippen LogP contribution >= 0.6 is 0 Å². The Labute approximate surface area is 110 Å². The Bertz CT molecular complexity index is 604. The lowest BCUT2D eigenvalue weighted by Crippen LogP contribution is -2.48. The summed E-state index contributed by atoms with van der Waals surface area (Å²) < 4.78 is 13.1. The van der Waals surface area contributed by atoms with E-state index in [9.17, 15) is 9.18 Å². The highest BCUT2D eigenvalue weighted by atomic mass is 19.1. The second-order valence-corrected chi connectivity index (χ2v) is 4.83. The average Bonchev–Trinajstić information content (AvgIpc) is 2.69. The van der Waals surface area contributed by atoms with Crippen molar-refractivity contribution in [1.29, 1.82) is 0 Å². The molecule has 1 aliphatic heterocycles. The van der Waals surface area contributed by atoms with Gasteiger partial charge in [0.25, 0.3) is 0 Å². The molecule has 0 radical (unpaired) electrons. The molecule has 1 saturated heterocycles. The standard InChI is InChI=1S/C14H16FN3O/c15-11-2-3-12-10(9-17-13(12)8-11)4-5-16-14(19)18-6-1-7-18/h2-3,8-9,17H,1,4-7H2,(H,16,19). The lowest BCUT2D eigenvalue weighted by molar-refractivity contribution is 0.168. The Balaban J connectivity index is 1.60. The molecule has 0 aliphatic carbocycles. The van der Waals surface area contributed by atoms with Gasteiger partial charge in [0.2, 0.25) is 0 Å². The van der Waals surface area contributed by atoms with Gasteiger partial charge in [-0.1, -0.05) is 0 Å². The van der Waals surface area contributed by atoms with Crippen LogP contribution in [0.2, 0.25) is 0 Å². The van der Waals surface area contributed by atoms with Gasteiger partial charge in [-0.05, 0) is 36.6 Å². The van der Waals surface area contributed by atoms with E-state index in [0.29, 0.717) is 6.54 Å². The lowest BCUT2D eigenvalue weighted by atomic mass is 10.1. The van der Waals surface area contributed by atoms with Crippen molar-refractivity contribution >= 4 is 16.9 Å². The maximum absolute atomic E-state index is 13.1. The molecule has 19 heavy (non-hydrogen) atoms. The van der Waals surface area contributed by atoms with Crippen LogP contribution < -0.4 is 5.32 Å². The van der Waals surface area contributed by atoms with Gasteiger partial charge < -0.3 is 15.2 Å². The predicted molar refractivity (Wildman–Crippen MR) is 71.5 cm³/mol. The molecule has 2 aromatic rings. The number of aromatic nitrogens is 1. The zero-order chi connectivity index (χ0) is 13.2. The molecule has 0 atom stereocenters. The smallest absolute Gasteiger partial charge is 0.317 e. The maximum Gasteiger partial charge on any atom is 0.317 e. The number of fused-ring (bicyclic) bond motifs is 1. The van der Waals surface area contributed by atoms with E-state index in [2.05, 4.69) is 10.3 Å². The molecular weight excluding hydrogens is 245 g/mol. The van der Waals surface area contributed by atoms with Crippen molar-refractivity contribution in [2.45, 2.75) is 12.8 Å². The number of hydrogen-bond donors (Lipinski definition) is 2. The highest BCUT2D eigenvalue weighted by Crippen LogP contribution is 2.19. The summed E-state index contributed by atoms with van der Waals surface area (Å²) in [6.07, 6.45) is 3.71. The molecular formula is C14H16FN3O. The van der Waals surface area contributed by atoms with E-state index in [4.69, 9.17) is 0 Å². The van der Waals surface area contributed by atoms with Crippen molar-refractivity contribution in [2.24, 2.45) is 0 Å². The molecule has 2 heterocycles. The Kier molecular flexibility index (Phi) is 3.11. The first-order valence-corrected chi connectivity index (χ1v) is 6.52. The zero-order valence-electron chi connectivity index (χ0n) is 10.6. The van der Waals surface area contributed by atoms with E-state index < -0.39 is 0 Å². The molecule has 4 nitrogen and oxygen atoms in total. The van der Waals surface area contributed by atoms with Crippen LogP contribution in [0.15, 0.2) is 24.4 Å². The number of hydrogen-bond acceptors (Lipinski definition) is 1. The number of benzene rings is 1. The number of nitrogens with one attached hydrogen (secondary N) is 2. The van der Waals surface area contributed by atoms with Crippen molar-refractivity contribution in [1.82, 2.24) is 15.2 Å². The van der Waals surface area contributed by atoms with Gasteiger partial charge in [-0.2, -0.15) is 0 Å². The molecule has 2 amide bonds. The van der Waals surface area contributed by atoms with Crippen LogP contribution in [0.3, 0.4) is 0 Å². The third-order valence-electron chi connectivity index (χ3n) is 3.54. The molecule has 2 N–H and O–H groups in total. The van der Waals surface area contributed by atoms with Crippen LogP contribution in [0.4, 0.5) is 9.18 Å². The van der Waals surface area contributed by atoms with Crippen LogP contribution in [0, 0.1) is 5.82 Å². The predicted octanol–water partition coefficient (Wildman–Crippen LogP) is 2.26. The van der Waals surface area contributed by atoms with E-state index >= 15 is 0 Å². The fraction of sp³-hybridized carbons (Fsp3) is 0.357. The number of urea groups is 1. The summed E-state index contributed by atoms with van der Waals surface area (Å²) in [6, 6.07) is 4.72. The number of H-pyrrole nitrogens is 1. The highest BCUT2D eigenvalue weighted by molar-refractivity contribution is 5.83. The summed E-state index contributed by atoms with van der Waals surface area (Å²) in [5.41, 5.74) is 1.89. The van der Waals surface area contributed by atoms with Gasteiger partial charge in [0.05, 0.1) is 0 Å². The van der Waals surface area contributed by atoms with E-state index in [1.165, 1.54) is 12.1 Å². The monoisotopic (exact) mass is 261 g/mol. The van der Waals surface area contributed by atoms with Crippen molar-refractivity contribution in [3.63, 3.8) is 0 Å². The minimum Gasteiger partial charge on any atom is -0.361 e. The van der Waals surface area contributed by atoms with Gasteiger partial charge in [0.15, 0.2) is 0 Å². The first-order valence-electron chi connectivity index (χ1n) is 6.52. The van der Waals surface area contributed by atoms with Crippen molar-refractivity contribution in [2.75, 3.05) is 19.6 Å². The maximum atomic E-state index is 13.1. The van der Waals surface area contributed by atoms with Gasteiger partial charge in [-0.15, -0.1) is 0 Å². The van der Waals surface area contributed by atoms with Crippen LogP contribution in [-0.2, 0) is 6.42 Å². The minimum absolute atomic E-state index is 0.0112. The van der Waals surface area contributed by atoms with Gasteiger partial charge in [0, 0.05) is 36.7 Å². The molecule has 0 unspecified atom stereocenters. The van der Waals surface area contributed by atoms with E-state index in [1.807, 2.05) is 6.20 Å². The average molecular weight is 261 g/mol. The molecule has 3 rings (SSSR count). The minimum atomic E-state index is -0.244. The van der Waals surface area contributed by atoms with Crippen LogP contribution in [0.25, 0.3) is 10.9 Å². The fourth-order valence-electron chi connectivity index (χ4n) is 2.30. The molecule has 1 aromatic heterocycles. The van der Waals surface area contributed by atoms with E-state index in [1.54, 1.807) is 11.0 Å². The second kappa shape index (κ2) is 4.91. The van der Waals surface area contributed by atoms with Gasteiger partial charge >= 0.3 is 6.03 Å². The van der Waals surface area contributed by atoms with Gasteiger partial charge in [-0.25, -0.2) is 9.18 Å². The Hall–Kier alpha value is -2.04. The number of likely N-dealkylation sites (tertiary alicyclic amines) is 1. The topological polar surface area (TPSA) is 48.1 Å². The molecule has 100 valence electrons. The van der Waals surface area contributed by atoms with Crippen molar-refractivity contribution < 1.29 is 9.18 Å². The second-order valence-electron chi connectivity index (χ2n) is 4.83. The SMILES string of the molecule is O=C(NCCc1c[nH]c2cc(F)ccc12)N1CCC1. The number of nitrogens with zero attached hydrogens (tertiary/aromatic N) is 1. The summed E-state index contributed by atoms with van der Waals surface area (Å²) >= 11 is 0. The molecule has 0 spiro atoms. The number of halogens is 1. The lowest BCUT2D eigenvalue weighted by Gasteiger charge is -2.30. The number of aromatic amines is 1. The first kappa shape index (κ1) is 12.0. The summed E-state index contributed by atoms with van der Waals surface area (Å²) in [5.74, 6) is -0.244. The van der Waals surface area contributed by atoms with Crippen LogP contribution in [0.1, 0.15) is 12.0 Å². The van der Waals surface area contributed by atoms with Crippen molar-refractivity contribution in [3.05, 3.63) is 35.8 Å². The fourth-order valence-corrected chi connectivity index (χ4v) is 2.30. The zero-order valence-corrected chi connectivity index (χ0v) is 10.6. The number of rotatable bonds is 3. The first-order chi connectivity index (χ1) is 9.24. The molecule has 1 fully saturated rings. The third-order valence-corrected chi connectivity index (χ3v) is 3.54. The molecule has 5 heteroatoms. The summed E-state index contributed by atoms with van der Waals surface area (Å²) in [4.78, 5) is 16.5. The Morgan fingerprint density at radius 2 is 2.26 bits per heavy atom. The Morgan fingerprint density at radius 1 is 1.42 bits per heavy atom. The summed E-state index contributed by atoms with van der Waals surface area (Å²) in [5, 5.41) is 3.91. The van der Waals surface area contributed by atoms with E-state index in [-0.39, 0.29) is 11.8 Å². The number of carbonyl (C=O) groups is 1. The van der Waals surface area contributed by atoms with E-state index in [0.717, 1.165) is 42.4 Å². The largest absolute Gasteiger partial charge is 0.361 e. The normalized spacial score (nSPS) is 14.5. The third kappa shape index (κ3) is 2.41. The Morgan fingerprint density at radius 3 is 3.00 bits per heavy atom. The van der Waals surface area contributed by atoms with Crippen LogP contribution in [0.5, 0.6) is 0 Å². The number of carbonyl (C=O) groups excluding carboxylic acids is 1. The van der Waals surface area contributed by atoms with Crippen molar-refractivity contribution in [3.8, 4) is 0 Å². The quantitative estimate of drug-likeness (QED) is 0.874. The van der Waals surface area contributed by atoms with Gasteiger partial charge in [-0.3, -0.25) is 0 Å². The summed E-state index contributed by atoms with van der Waals surface area (Å²) in [6.45, 7) is 2.32. The summed E-state index contributed by atoms with van der Waals surface area (Å²) in [7, 11) is 0. The number of amides is 2. The molecule has 0 bridgehead atoms. The molecule has 1 aromatic carbocycles. The molecule has 1 aliphatic rings. The van der Waals surface area contributed by atoms with Gasteiger partial charge in [0.1, 0.15) is 5.82 Å². The molecule has 0 saturated carbocycles. The highest BCUT2D eigenvalue weighted by Gasteiger charge is 2.19.